The Morgan fingerprint density at radius 1 is 0.750 bits per heavy atom. The van der Waals surface area contributed by atoms with Gasteiger partial charge in [-0.25, -0.2) is 27.1 Å². The van der Waals surface area contributed by atoms with E-state index in [0.29, 0.717) is 0 Å². The van der Waals surface area contributed by atoms with E-state index >= 15 is 0 Å². The minimum atomic E-state index is -4.42. The molecule has 0 aliphatic heterocycles. The minimum Gasteiger partial charge on any atom is -0.736 e. The number of rotatable bonds is 0. The third kappa shape index (κ3) is 1920. The summed E-state index contributed by atoms with van der Waals surface area (Å²) in [5.74, 6) is 0. The predicted octanol–water partition coefficient (Wildman–Crippen LogP) is -3.19. The fourth-order valence-electron chi connectivity index (χ4n) is 0. The third-order valence-electron chi connectivity index (χ3n) is 0. The summed E-state index contributed by atoms with van der Waals surface area (Å²) in [6.07, 6.45) is 0. The maximum absolute atomic E-state index is 8.85. The first-order chi connectivity index (χ1) is 4.00. The molecule has 0 spiro atoms. The fourth-order valence-corrected chi connectivity index (χ4v) is 0. The summed E-state index contributed by atoms with van der Waals surface area (Å²) in [6, 6.07) is 0. The van der Waals surface area contributed by atoms with Crippen LogP contribution in [0, 0.1) is 0 Å². The number of nitrogens with two attached hydrogens (primary N) is 2. The van der Waals surface area contributed by atoms with Crippen LogP contribution in [0.25, 0.3) is 0 Å². The van der Waals surface area contributed by atoms with Crippen molar-refractivity contribution >= 4 is 20.6 Å². The van der Waals surface area contributed by atoms with E-state index in [1.165, 1.54) is 0 Å². The minimum absolute atomic E-state index is 0. The van der Waals surface area contributed by atoms with E-state index < -0.39 is 20.6 Å². The molecule has 0 aromatic rings. The van der Waals surface area contributed by atoms with Gasteiger partial charge in [0, 0.05) is 0 Å². The topological polar surface area (TPSA) is 166 Å². The van der Waals surface area contributed by atoms with Gasteiger partial charge in [0.15, 0.2) is 20.6 Å². The zero-order valence-corrected chi connectivity index (χ0v) is 8.66. The Labute approximate surface area is 89.7 Å². The molecule has 4 N–H and O–H groups in total. The van der Waals surface area contributed by atoms with Crippen molar-refractivity contribution in [1.82, 2.24) is 0 Å². The van der Waals surface area contributed by atoms with Crippen molar-refractivity contribution in [2.75, 3.05) is 0 Å². The second kappa shape index (κ2) is 8.33. The molecular weight excluding hydrogens is 306 g/mol. The molecule has 0 saturated carbocycles. The van der Waals surface area contributed by atoms with Crippen LogP contribution < -0.4 is 10.3 Å². The van der Waals surface area contributed by atoms with Gasteiger partial charge in [0.1, 0.15) is 0 Å². The van der Waals surface area contributed by atoms with Gasteiger partial charge in [-0.2, -0.15) is 0 Å². The Kier molecular flexibility index (Phi) is 16.0. The van der Waals surface area contributed by atoms with E-state index in [1.807, 2.05) is 0 Å². The van der Waals surface area contributed by atoms with E-state index in [1.54, 1.807) is 0 Å². The van der Waals surface area contributed by atoms with Crippen molar-refractivity contribution in [3.8, 4) is 0 Å². The van der Waals surface area contributed by atoms with Crippen molar-refractivity contribution in [3.63, 3.8) is 0 Å². The van der Waals surface area contributed by atoms with Crippen molar-refractivity contribution in [3.05, 3.63) is 0 Å². The molecule has 0 saturated heterocycles. The van der Waals surface area contributed by atoms with Gasteiger partial charge in [0.05, 0.1) is 0 Å². The monoisotopic (exact) mass is 308 g/mol. The summed E-state index contributed by atoms with van der Waals surface area (Å²) in [4.78, 5) is 0. The molecule has 0 aliphatic rings. The number of hydrogen-bond acceptors (Lipinski definition) is 6. The van der Waals surface area contributed by atoms with Crippen LogP contribution in [-0.4, -0.2) is 25.9 Å². The first kappa shape index (κ1) is 23.0. The smallest absolute Gasteiger partial charge is 0.736 e. The molecule has 0 rings (SSSR count). The van der Waals surface area contributed by atoms with Crippen LogP contribution in [0.5, 0.6) is 0 Å². The zero-order valence-electron chi connectivity index (χ0n) is 5.05. The Bertz CT molecular complexity index is 218. The second-order valence-electron chi connectivity index (χ2n) is 0.986. The summed E-state index contributed by atoms with van der Waals surface area (Å²) in [5.41, 5.74) is 0. The van der Waals surface area contributed by atoms with Crippen LogP contribution in [0.2, 0.25) is 0 Å². The predicted molar refractivity (Wildman–Crippen MR) is 27.8 cm³/mol. The van der Waals surface area contributed by atoms with Gasteiger partial charge in [-0.05, 0) is 0 Å². The quantitative estimate of drug-likeness (QED) is 0.353. The Balaban J connectivity index is -0.0000000457. The van der Waals surface area contributed by atoms with Gasteiger partial charge in [0.2, 0.25) is 0 Å². The molecule has 0 aromatic carbocycles. The van der Waals surface area contributed by atoms with E-state index in [9.17, 15) is 0 Å². The summed E-state index contributed by atoms with van der Waals surface area (Å²) in [5, 5.41) is 7.54. The van der Waals surface area contributed by atoms with E-state index in [2.05, 4.69) is 10.3 Å². The molecular formula is H4N2Ni2O6S2+2. The Hall–Kier alpha value is 0.727. The summed E-state index contributed by atoms with van der Waals surface area (Å²) in [7, 11) is -8.83. The normalized spacial score (nSPS) is 9.67. The SMILES string of the molecule is NS(=O)(=O)[O-].NS(=O)(=O)[O-].[Ni+2].[Ni+2]. The van der Waals surface area contributed by atoms with Crippen molar-refractivity contribution in [2.24, 2.45) is 10.3 Å². The molecule has 0 aliphatic carbocycles. The van der Waals surface area contributed by atoms with Crippen molar-refractivity contribution < 1.29 is 58.9 Å². The van der Waals surface area contributed by atoms with E-state index in [0.717, 1.165) is 0 Å². The average Bonchev–Trinajstić information content (AvgIpc) is 1.12. The van der Waals surface area contributed by atoms with Crippen LogP contribution in [0.15, 0.2) is 0 Å². The van der Waals surface area contributed by atoms with E-state index in [4.69, 9.17) is 25.9 Å². The molecule has 8 nitrogen and oxygen atoms in total. The van der Waals surface area contributed by atoms with Crippen LogP contribution in [0.1, 0.15) is 0 Å². The fraction of sp³-hybridized carbons (Fsp3) is 0. The summed E-state index contributed by atoms with van der Waals surface area (Å²) < 4.78 is 53.1. The second-order valence-corrected chi connectivity index (χ2v) is 2.96. The molecule has 0 bridgehead atoms. The molecule has 0 atom stereocenters. The van der Waals surface area contributed by atoms with Crippen LogP contribution in [0.4, 0.5) is 0 Å². The molecule has 0 amide bonds. The molecule has 0 aromatic heterocycles. The van der Waals surface area contributed by atoms with Gasteiger partial charge < -0.3 is 9.11 Å². The zero-order chi connectivity index (χ0) is 9.00. The Morgan fingerprint density at radius 2 is 0.750 bits per heavy atom. The van der Waals surface area contributed by atoms with Gasteiger partial charge >= 0.3 is 33.0 Å². The maximum Gasteiger partial charge on any atom is 2.00 e. The molecule has 0 unspecified atom stereocenters. The van der Waals surface area contributed by atoms with Gasteiger partial charge in [-0.3, -0.25) is 0 Å². The van der Waals surface area contributed by atoms with E-state index in [-0.39, 0.29) is 33.0 Å². The van der Waals surface area contributed by atoms with Crippen LogP contribution in [0.3, 0.4) is 0 Å². The summed E-state index contributed by atoms with van der Waals surface area (Å²) in [6.45, 7) is 0. The maximum atomic E-state index is 8.85. The average molecular weight is 310 g/mol. The molecule has 12 heteroatoms. The molecule has 12 heavy (non-hydrogen) atoms. The van der Waals surface area contributed by atoms with Crippen molar-refractivity contribution in [2.45, 2.75) is 0 Å². The molecule has 0 radical (unpaired) electrons. The van der Waals surface area contributed by atoms with Gasteiger partial charge in [0.25, 0.3) is 0 Å². The molecule has 80 valence electrons. The largest absolute Gasteiger partial charge is 2.00 e. The van der Waals surface area contributed by atoms with Gasteiger partial charge in [-0.1, -0.05) is 0 Å². The molecule has 0 fully saturated rings. The van der Waals surface area contributed by atoms with Crippen molar-refractivity contribution in [1.29, 1.82) is 0 Å². The standard InChI is InChI=1S/2H3NO3S.2Ni/c2*1-5(2,3)4;;/h2*(H3,1,2,3,4);;/q;;2*+2/p-2. The third-order valence-corrected chi connectivity index (χ3v) is 0. The molecule has 0 heterocycles. The number of hydrogen-bond donors (Lipinski definition) is 2. The van der Waals surface area contributed by atoms with Crippen LogP contribution >= 0.6 is 0 Å². The van der Waals surface area contributed by atoms with Gasteiger partial charge in [-0.15, -0.1) is 0 Å². The Morgan fingerprint density at radius 3 is 0.750 bits per heavy atom. The first-order valence-electron chi connectivity index (χ1n) is 1.47. The van der Waals surface area contributed by atoms with Crippen LogP contribution in [-0.2, 0) is 53.6 Å². The summed E-state index contributed by atoms with van der Waals surface area (Å²) >= 11 is 0. The first-order valence-corrected chi connectivity index (χ1v) is 4.41.